The van der Waals surface area contributed by atoms with Crippen molar-refractivity contribution < 1.29 is 4.79 Å². The maximum atomic E-state index is 12.0. The van der Waals surface area contributed by atoms with Crippen LogP contribution >= 0.6 is 24.0 Å². The molecule has 7 nitrogen and oxygen atoms in total. The van der Waals surface area contributed by atoms with Gasteiger partial charge in [-0.25, -0.2) is 0 Å². The van der Waals surface area contributed by atoms with Gasteiger partial charge in [-0.1, -0.05) is 47.7 Å². The van der Waals surface area contributed by atoms with Crippen LogP contribution in [-0.4, -0.2) is 31.5 Å². The molecule has 3 rings (SSSR count). The lowest BCUT2D eigenvalue weighted by atomic mass is 10.2. The SMILES string of the molecule is Cc1ccc(NC(=S)NNC(=O)CSc2nncn2-c2ccccc2)cc1. The molecular weight excluding hydrogens is 380 g/mol. The number of rotatable bonds is 5. The first-order valence-electron chi connectivity index (χ1n) is 8.12. The maximum Gasteiger partial charge on any atom is 0.248 e. The van der Waals surface area contributed by atoms with Gasteiger partial charge in [0.25, 0.3) is 0 Å². The fourth-order valence-electron chi connectivity index (χ4n) is 2.18. The molecule has 3 N–H and O–H groups in total. The number of para-hydroxylation sites is 1. The second kappa shape index (κ2) is 9.15. The molecule has 0 saturated carbocycles. The smallest absolute Gasteiger partial charge is 0.248 e. The second-order valence-electron chi connectivity index (χ2n) is 5.60. The summed E-state index contributed by atoms with van der Waals surface area (Å²) < 4.78 is 1.83. The highest BCUT2D eigenvalue weighted by molar-refractivity contribution is 7.99. The van der Waals surface area contributed by atoms with E-state index in [4.69, 9.17) is 12.2 Å². The van der Waals surface area contributed by atoms with E-state index in [1.807, 2.05) is 66.1 Å². The zero-order chi connectivity index (χ0) is 19.1. The number of carbonyl (C=O) groups is 1. The molecule has 27 heavy (non-hydrogen) atoms. The van der Waals surface area contributed by atoms with Crippen LogP contribution in [0.4, 0.5) is 5.69 Å². The topological polar surface area (TPSA) is 83.9 Å². The number of nitrogens with one attached hydrogen (secondary N) is 3. The number of benzene rings is 2. The minimum atomic E-state index is -0.226. The van der Waals surface area contributed by atoms with Gasteiger partial charge in [0.15, 0.2) is 10.3 Å². The van der Waals surface area contributed by atoms with Crippen molar-refractivity contribution in [1.29, 1.82) is 0 Å². The molecule has 1 aromatic heterocycles. The van der Waals surface area contributed by atoms with Crippen molar-refractivity contribution in [3.8, 4) is 5.69 Å². The highest BCUT2D eigenvalue weighted by Crippen LogP contribution is 2.18. The quantitative estimate of drug-likeness (QED) is 0.346. The number of hydrazine groups is 1. The molecule has 0 unspecified atom stereocenters. The van der Waals surface area contributed by atoms with Crippen molar-refractivity contribution in [2.45, 2.75) is 12.1 Å². The van der Waals surface area contributed by atoms with Crippen LogP contribution in [0.5, 0.6) is 0 Å². The van der Waals surface area contributed by atoms with E-state index in [0.29, 0.717) is 10.3 Å². The first-order chi connectivity index (χ1) is 13.1. The van der Waals surface area contributed by atoms with Gasteiger partial charge in [-0.15, -0.1) is 10.2 Å². The fraction of sp³-hybridized carbons (Fsp3) is 0.111. The summed E-state index contributed by atoms with van der Waals surface area (Å²) in [4.78, 5) is 12.0. The number of aromatic nitrogens is 3. The molecule has 0 atom stereocenters. The van der Waals surface area contributed by atoms with Gasteiger partial charge in [-0.2, -0.15) is 0 Å². The molecule has 0 bridgehead atoms. The summed E-state index contributed by atoms with van der Waals surface area (Å²) in [5.74, 6) is -0.0539. The Labute approximate surface area is 166 Å². The number of anilines is 1. The average Bonchev–Trinajstić information content (AvgIpc) is 3.16. The van der Waals surface area contributed by atoms with E-state index in [1.165, 1.54) is 11.8 Å². The Balaban J connectivity index is 1.46. The standard InChI is InChI=1S/C18H18N6OS2/c1-13-7-9-14(10-8-13)20-17(26)22-21-16(25)11-27-18-23-19-12-24(18)15-5-3-2-4-6-15/h2-10,12H,11H2,1H3,(H,21,25)(H2,20,22,26). The fourth-order valence-corrected chi connectivity index (χ4v) is 3.08. The number of nitrogens with zero attached hydrogens (tertiary/aromatic N) is 3. The zero-order valence-electron chi connectivity index (χ0n) is 14.5. The average molecular weight is 399 g/mol. The lowest BCUT2D eigenvalue weighted by Gasteiger charge is -2.11. The van der Waals surface area contributed by atoms with E-state index in [2.05, 4.69) is 26.4 Å². The Morgan fingerprint density at radius 3 is 2.59 bits per heavy atom. The van der Waals surface area contributed by atoms with Gasteiger partial charge in [0.1, 0.15) is 6.33 Å². The first-order valence-corrected chi connectivity index (χ1v) is 9.52. The molecule has 0 aliphatic carbocycles. The van der Waals surface area contributed by atoms with E-state index >= 15 is 0 Å². The number of thiocarbonyl (C=S) groups is 1. The monoisotopic (exact) mass is 398 g/mol. The van der Waals surface area contributed by atoms with E-state index in [0.717, 1.165) is 16.9 Å². The first kappa shape index (κ1) is 18.9. The Bertz CT molecular complexity index is 911. The Hall–Kier alpha value is -2.91. The summed E-state index contributed by atoms with van der Waals surface area (Å²) in [6, 6.07) is 17.5. The lowest BCUT2D eigenvalue weighted by Crippen LogP contribution is -2.44. The molecule has 0 aliphatic rings. The van der Waals surface area contributed by atoms with Gasteiger partial charge < -0.3 is 5.32 Å². The van der Waals surface area contributed by atoms with Crippen molar-refractivity contribution in [1.82, 2.24) is 25.6 Å². The number of hydrogen-bond acceptors (Lipinski definition) is 5. The third-order valence-corrected chi connectivity index (χ3v) is 4.66. The lowest BCUT2D eigenvalue weighted by molar-refractivity contribution is -0.119. The van der Waals surface area contributed by atoms with E-state index < -0.39 is 0 Å². The van der Waals surface area contributed by atoms with Gasteiger partial charge in [0, 0.05) is 11.4 Å². The molecule has 0 radical (unpaired) electrons. The molecular formula is C18H18N6OS2. The van der Waals surface area contributed by atoms with Crippen LogP contribution in [0.2, 0.25) is 0 Å². The number of carbonyl (C=O) groups excluding carboxylic acids is 1. The number of amides is 1. The Morgan fingerprint density at radius 1 is 1.11 bits per heavy atom. The predicted octanol–water partition coefficient (Wildman–Crippen LogP) is 2.69. The van der Waals surface area contributed by atoms with Gasteiger partial charge in [-0.05, 0) is 43.4 Å². The Kier molecular flexibility index (Phi) is 6.39. The summed E-state index contributed by atoms with van der Waals surface area (Å²) in [5, 5.41) is 11.9. The number of hydrogen-bond donors (Lipinski definition) is 3. The van der Waals surface area contributed by atoms with Gasteiger partial charge >= 0.3 is 0 Å². The van der Waals surface area contributed by atoms with E-state index in [-0.39, 0.29) is 11.7 Å². The minimum Gasteiger partial charge on any atom is -0.331 e. The van der Waals surface area contributed by atoms with Crippen LogP contribution in [0.25, 0.3) is 5.69 Å². The Morgan fingerprint density at radius 2 is 1.85 bits per heavy atom. The molecule has 0 saturated heterocycles. The minimum absolute atomic E-state index is 0.172. The molecule has 3 aromatic rings. The molecule has 9 heteroatoms. The highest BCUT2D eigenvalue weighted by Gasteiger charge is 2.10. The van der Waals surface area contributed by atoms with Crippen LogP contribution in [0.1, 0.15) is 5.56 Å². The number of aryl methyl sites for hydroxylation is 1. The van der Waals surface area contributed by atoms with Crippen molar-refractivity contribution in [3.63, 3.8) is 0 Å². The molecule has 2 aromatic carbocycles. The molecule has 0 aliphatic heterocycles. The van der Waals surface area contributed by atoms with Gasteiger partial charge in [-0.3, -0.25) is 20.2 Å². The van der Waals surface area contributed by atoms with Crippen LogP contribution in [-0.2, 0) is 4.79 Å². The van der Waals surface area contributed by atoms with Crippen LogP contribution in [0.3, 0.4) is 0 Å². The molecule has 0 fully saturated rings. The third kappa shape index (κ3) is 5.53. The van der Waals surface area contributed by atoms with Gasteiger partial charge in [0.05, 0.1) is 5.75 Å². The van der Waals surface area contributed by atoms with Crippen LogP contribution in [0, 0.1) is 6.92 Å². The molecule has 1 amide bonds. The van der Waals surface area contributed by atoms with Crippen LogP contribution < -0.4 is 16.2 Å². The summed E-state index contributed by atoms with van der Waals surface area (Å²) >= 11 is 6.45. The summed E-state index contributed by atoms with van der Waals surface area (Å²) in [5.41, 5.74) is 8.19. The summed E-state index contributed by atoms with van der Waals surface area (Å²) in [6.07, 6.45) is 1.62. The maximum absolute atomic E-state index is 12.0. The van der Waals surface area contributed by atoms with E-state index in [9.17, 15) is 4.79 Å². The summed E-state index contributed by atoms with van der Waals surface area (Å²) in [6.45, 7) is 2.01. The van der Waals surface area contributed by atoms with E-state index in [1.54, 1.807) is 6.33 Å². The largest absolute Gasteiger partial charge is 0.331 e. The predicted molar refractivity (Wildman–Crippen MR) is 111 cm³/mol. The normalized spacial score (nSPS) is 10.3. The molecule has 138 valence electrons. The van der Waals surface area contributed by atoms with Crippen LogP contribution in [0.15, 0.2) is 66.1 Å². The highest BCUT2D eigenvalue weighted by atomic mass is 32.2. The van der Waals surface area contributed by atoms with Gasteiger partial charge in [0.2, 0.25) is 5.91 Å². The van der Waals surface area contributed by atoms with Crippen molar-refractivity contribution in [2.75, 3.05) is 11.1 Å². The summed E-state index contributed by atoms with van der Waals surface area (Å²) in [7, 11) is 0. The second-order valence-corrected chi connectivity index (χ2v) is 6.95. The molecule has 0 spiro atoms. The van der Waals surface area contributed by atoms with Crippen molar-refractivity contribution in [2.24, 2.45) is 0 Å². The van der Waals surface area contributed by atoms with Crippen molar-refractivity contribution >= 4 is 40.7 Å². The number of thioether (sulfide) groups is 1. The molecule has 1 heterocycles. The van der Waals surface area contributed by atoms with Crippen molar-refractivity contribution in [3.05, 3.63) is 66.5 Å². The zero-order valence-corrected chi connectivity index (χ0v) is 16.2. The third-order valence-electron chi connectivity index (χ3n) is 3.51.